The molecule has 0 amide bonds. The van der Waals surface area contributed by atoms with Crippen LogP contribution in [0.2, 0.25) is 0 Å². The average molecular weight is 274 g/mol. The van der Waals surface area contributed by atoms with E-state index in [0.29, 0.717) is 12.2 Å². The normalized spacial score (nSPS) is 10.6. The molecule has 0 aromatic heterocycles. The van der Waals surface area contributed by atoms with Crippen LogP contribution in [0, 0.1) is 5.82 Å². The zero-order chi connectivity index (χ0) is 14.4. The molecule has 0 spiro atoms. The number of aryl methyl sites for hydroxylation is 1. The molecule has 0 aliphatic heterocycles. The van der Waals surface area contributed by atoms with E-state index in [-0.39, 0.29) is 18.2 Å². The Kier molecular flexibility index (Phi) is 5.13. The molecule has 0 saturated carbocycles. The monoisotopic (exact) mass is 274 g/mol. The van der Waals surface area contributed by atoms with Crippen LogP contribution in [0.1, 0.15) is 18.9 Å². The summed E-state index contributed by atoms with van der Waals surface area (Å²) in [6.45, 7) is 2.47. The van der Waals surface area contributed by atoms with Gasteiger partial charge in [0, 0.05) is 12.2 Å². The Hall–Kier alpha value is -1.87. The van der Waals surface area contributed by atoms with E-state index in [2.05, 4.69) is 0 Å². The molecule has 20 heavy (non-hydrogen) atoms. The van der Waals surface area contributed by atoms with Crippen molar-refractivity contribution in [3.8, 4) is 16.9 Å². The molecule has 2 rings (SSSR count). The van der Waals surface area contributed by atoms with Crippen LogP contribution >= 0.6 is 0 Å². The summed E-state index contributed by atoms with van der Waals surface area (Å²) in [6, 6.07) is 12.9. The van der Waals surface area contributed by atoms with Gasteiger partial charge < -0.3 is 9.84 Å². The quantitative estimate of drug-likeness (QED) is 0.867. The molecule has 0 heterocycles. The van der Waals surface area contributed by atoms with E-state index < -0.39 is 0 Å². The Bertz CT molecular complexity index is 549. The fraction of sp³-hybridized carbons (Fsp3) is 0.294. The molecular formula is C17H19FO2. The predicted molar refractivity (Wildman–Crippen MR) is 78.4 cm³/mol. The first-order valence-electron chi connectivity index (χ1n) is 6.87. The second-order valence-corrected chi connectivity index (χ2v) is 4.57. The van der Waals surface area contributed by atoms with E-state index in [0.717, 1.165) is 24.0 Å². The van der Waals surface area contributed by atoms with E-state index in [1.54, 1.807) is 18.2 Å². The van der Waals surface area contributed by atoms with Crippen molar-refractivity contribution in [2.45, 2.75) is 19.8 Å². The fourth-order valence-corrected chi connectivity index (χ4v) is 2.13. The van der Waals surface area contributed by atoms with Crippen LogP contribution in [0.4, 0.5) is 4.39 Å². The number of ether oxygens (including phenoxy) is 1. The lowest BCUT2D eigenvalue weighted by atomic mass is 10.0. The van der Waals surface area contributed by atoms with Crippen molar-refractivity contribution >= 4 is 0 Å². The third kappa shape index (κ3) is 3.36. The molecule has 0 aliphatic rings. The summed E-state index contributed by atoms with van der Waals surface area (Å²) < 4.78 is 19.6. The zero-order valence-corrected chi connectivity index (χ0v) is 11.6. The topological polar surface area (TPSA) is 29.5 Å². The lowest BCUT2D eigenvalue weighted by molar-refractivity contribution is 0.288. The maximum absolute atomic E-state index is 14.3. The minimum Gasteiger partial charge on any atom is -0.491 e. The predicted octanol–water partition coefficient (Wildman–Crippen LogP) is 3.82. The Balaban J connectivity index is 2.25. The van der Waals surface area contributed by atoms with Crippen LogP contribution in [0.15, 0.2) is 42.5 Å². The van der Waals surface area contributed by atoms with Gasteiger partial charge in [0.15, 0.2) is 11.6 Å². The van der Waals surface area contributed by atoms with Crippen LogP contribution in [0.5, 0.6) is 5.75 Å². The van der Waals surface area contributed by atoms with E-state index in [9.17, 15) is 4.39 Å². The van der Waals surface area contributed by atoms with Gasteiger partial charge in [-0.05, 0) is 37.0 Å². The van der Waals surface area contributed by atoms with Crippen LogP contribution in [0.3, 0.4) is 0 Å². The second-order valence-electron chi connectivity index (χ2n) is 4.57. The van der Waals surface area contributed by atoms with E-state index in [4.69, 9.17) is 9.84 Å². The lowest BCUT2D eigenvalue weighted by Gasteiger charge is -2.09. The molecule has 0 atom stereocenters. The highest BCUT2D eigenvalue weighted by Gasteiger charge is 2.10. The van der Waals surface area contributed by atoms with Gasteiger partial charge in [0.1, 0.15) is 0 Å². The number of hydrogen-bond donors (Lipinski definition) is 1. The van der Waals surface area contributed by atoms with Crippen molar-refractivity contribution in [2.75, 3.05) is 13.2 Å². The average Bonchev–Trinajstić information content (AvgIpc) is 2.48. The molecule has 2 nitrogen and oxygen atoms in total. The number of halogens is 1. The van der Waals surface area contributed by atoms with Gasteiger partial charge in [0.25, 0.3) is 0 Å². The van der Waals surface area contributed by atoms with Crippen LogP contribution in [0.25, 0.3) is 11.1 Å². The first kappa shape index (κ1) is 14.5. The molecule has 0 saturated heterocycles. The van der Waals surface area contributed by atoms with Gasteiger partial charge >= 0.3 is 0 Å². The molecule has 0 bridgehead atoms. The minimum atomic E-state index is -0.322. The SMILES string of the molecule is CCOc1cccc(-c2ccc(CCCO)cc2)c1F. The molecule has 2 aromatic rings. The third-order valence-electron chi connectivity index (χ3n) is 3.15. The summed E-state index contributed by atoms with van der Waals surface area (Å²) in [5.74, 6) is -0.0354. The smallest absolute Gasteiger partial charge is 0.172 e. The summed E-state index contributed by atoms with van der Waals surface area (Å²) in [4.78, 5) is 0. The van der Waals surface area contributed by atoms with Crippen LogP contribution < -0.4 is 4.74 Å². The largest absolute Gasteiger partial charge is 0.491 e. The Morgan fingerprint density at radius 2 is 1.85 bits per heavy atom. The number of rotatable bonds is 6. The van der Waals surface area contributed by atoms with Gasteiger partial charge in [-0.2, -0.15) is 0 Å². The second kappa shape index (κ2) is 7.06. The minimum absolute atomic E-state index is 0.187. The molecule has 0 fully saturated rings. The summed E-state index contributed by atoms with van der Waals surface area (Å²) in [7, 11) is 0. The molecule has 0 radical (unpaired) electrons. The molecule has 106 valence electrons. The van der Waals surface area contributed by atoms with Crippen molar-refractivity contribution in [1.82, 2.24) is 0 Å². The molecule has 1 N–H and O–H groups in total. The van der Waals surface area contributed by atoms with Crippen LogP contribution in [-0.2, 0) is 6.42 Å². The standard InChI is InChI=1S/C17H19FO2/c1-2-20-16-7-3-6-15(17(16)18)14-10-8-13(9-11-14)5-4-12-19/h3,6-11,19H,2,4-5,12H2,1H3. The Morgan fingerprint density at radius 1 is 1.10 bits per heavy atom. The molecule has 0 aliphatic carbocycles. The van der Waals surface area contributed by atoms with Gasteiger partial charge in [-0.15, -0.1) is 0 Å². The van der Waals surface area contributed by atoms with Gasteiger partial charge in [-0.25, -0.2) is 4.39 Å². The highest BCUT2D eigenvalue weighted by Crippen LogP contribution is 2.29. The Labute approximate surface area is 118 Å². The van der Waals surface area contributed by atoms with Gasteiger partial charge in [-0.3, -0.25) is 0 Å². The Morgan fingerprint density at radius 3 is 2.50 bits per heavy atom. The number of aliphatic hydroxyl groups excluding tert-OH is 1. The van der Waals surface area contributed by atoms with Crippen molar-refractivity contribution in [3.05, 3.63) is 53.8 Å². The van der Waals surface area contributed by atoms with Crippen LogP contribution in [-0.4, -0.2) is 18.3 Å². The van der Waals surface area contributed by atoms with Gasteiger partial charge in [0.2, 0.25) is 0 Å². The summed E-state index contributed by atoms with van der Waals surface area (Å²) in [5, 5.41) is 8.81. The molecule has 0 unspecified atom stereocenters. The zero-order valence-electron chi connectivity index (χ0n) is 11.6. The van der Waals surface area contributed by atoms with Crippen molar-refractivity contribution < 1.29 is 14.2 Å². The first-order chi connectivity index (χ1) is 9.76. The fourth-order valence-electron chi connectivity index (χ4n) is 2.13. The third-order valence-corrected chi connectivity index (χ3v) is 3.15. The maximum Gasteiger partial charge on any atom is 0.172 e. The van der Waals surface area contributed by atoms with E-state index >= 15 is 0 Å². The number of benzene rings is 2. The van der Waals surface area contributed by atoms with Crippen molar-refractivity contribution in [1.29, 1.82) is 0 Å². The summed E-state index contributed by atoms with van der Waals surface area (Å²) >= 11 is 0. The molecular weight excluding hydrogens is 255 g/mol. The molecule has 2 aromatic carbocycles. The van der Waals surface area contributed by atoms with E-state index in [1.807, 2.05) is 31.2 Å². The highest BCUT2D eigenvalue weighted by molar-refractivity contribution is 5.66. The lowest BCUT2D eigenvalue weighted by Crippen LogP contribution is -1.96. The van der Waals surface area contributed by atoms with Crippen molar-refractivity contribution in [2.24, 2.45) is 0 Å². The summed E-state index contributed by atoms with van der Waals surface area (Å²) in [5.41, 5.74) is 2.52. The number of aliphatic hydroxyl groups is 1. The molecule has 3 heteroatoms. The van der Waals surface area contributed by atoms with Gasteiger partial charge in [-0.1, -0.05) is 36.4 Å². The van der Waals surface area contributed by atoms with Crippen molar-refractivity contribution in [3.63, 3.8) is 0 Å². The van der Waals surface area contributed by atoms with E-state index in [1.165, 1.54) is 0 Å². The first-order valence-corrected chi connectivity index (χ1v) is 6.87. The highest BCUT2D eigenvalue weighted by atomic mass is 19.1. The summed E-state index contributed by atoms with van der Waals surface area (Å²) in [6.07, 6.45) is 1.58. The van der Waals surface area contributed by atoms with Gasteiger partial charge in [0.05, 0.1) is 6.61 Å². The maximum atomic E-state index is 14.3. The number of hydrogen-bond acceptors (Lipinski definition) is 2.